The van der Waals surface area contributed by atoms with E-state index >= 15 is 0 Å². The van der Waals surface area contributed by atoms with Crippen LogP contribution in [-0.2, 0) is 30.8 Å². The number of hydrogen-bond donors (Lipinski definition) is 0. The molecule has 0 aromatic carbocycles. The summed E-state index contributed by atoms with van der Waals surface area (Å²) in [5, 5.41) is 7.63. The van der Waals surface area contributed by atoms with Crippen molar-refractivity contribution in [1.82, 2.24) is 19.9 Å². The predicted octanol–water partition coefficient (Wildman–Crippen LogP) is 1.83. The highest BCUT2D eigenvalue weighted by molar-refractivity contribution is 7.09. The molecule has 124 valence electrons. The van der Waals surface area contributed by atoms with Crippen molar-refractivity contribution in [3.8, 4) is 0 Å². The maximum Gasteiger partial charge on any atom is 0.142 e. The van der Waals surface area contributed by atoms with E-state index in [1.165, 1.54) is 11.3 Å². The molecule has 0 radical (unpaired) electrons. The average Bonchev–Trinajstić information content (AvgIpc) is 3.15. The van der Waals surface area contributed by atoms with E-state index in [1.54, 1.807) is 11.3 Å². The third kappa shape index (κ3) is 3.47. The summed E-state index contributed by atoms with van der Waals surface area (Å²) in [4.78, 5) is 9.41. The molecule has 4 heterocycles. The Kier molecular flexibility index (Phi) is 4.43. The van der Waals surface area contributed by atoms with Crippen molar-refractivity contribution in [3.63, 3.8) is 0 Å². The van der Waals surface area contributed by atoms with Crippen molar-refractivity contribution in [2.45, 2.75) is 33.0 Å². The number of thiazole rings is 1. The molecular formula is C16H22N4O2S. The van der Waals surface area contributed by atoms with Crippen LogP contribution in [0.5, 0.6) is 0 Å². The van der Waals surface area contributed by atoms with Gasteiger partial charge in [-0.15, -0.1) is 11.3 Å². The second-order valence-electron chi connectivity index (χ2n) is 6.24. The van der Waals surface area contributed by atoms with Crippen molar-refractivity contribution >= 4 is 11.3 Å². The van der Waals surface area contributed by atoms with Crippen LogP contribution >= 0.6 is 11.3 Å². The molecule has 6 nitrogen and oxygen atoms in total. The standard InChI is InChI=1S/C16H22N4O2S/c1-12-17-13(11-23-12)8-20-3-2-16-14(9-20)15(18-22-16)10-19-4-6-21-7-5-19/h11H,2-10H2,1H3. The van der Waals surface area contributed by atoms with E-state index in [0.717, 1.165) is 75.4 Å². The van der Waals surface area contributed by atoms with Crippen molar-refractivity contribution in [2.24, 2.45) is 0 Å². The molecule has 2 aliphatic rings. The van der Waals surface area contributed by atoms with Gasteiger partial charge in [-0.1, -0.05) is 5.16 Å². The van der Waals surface area contributed by atoms with E-state index in [-0.39, 0.29) is 0 Å². The minimum Gasteiger partial charge on any atom is -0.379 e. The zero-order valence-electron chi connectivity index (χ0n) is 13.5. The van der Waals surface area contributed by atoms with E-state index in [2.05, 4.69) is 32.2 Å². The van der Waals surface area contributed by atoms with Crippen molar-refractivity contribution < 1.29 is 9.26 Å². The molecule has 23 heavy (non-hydrogen) atoms. The van der Waals surface area contributed by atoms with E-state index < -0.39 is 0 Å². The summed E-state index contributed by atoms with van der Waals surface area (Å²) in [7, 11) is 0. The van der Waals surface area contributed by atoms with Gasteiger partial charge >= 0.3 is 0 Å². The molecule has 2 aliphatic heterocycles. The molecule has 7 heteroatoms. The number of aryl methyl sites for hydroxylation is 1. The summed E-state index contributed by atoms with van der Waals surface area (Å²) in [6, 6.07) is 0. The summed E-state index contributed by atoms with van der Waals surface area (Å²) in [5.74, 6) is 1.07. The van der Waals surface area contributed by atoms with Gasteiger partial charge in [0.15, 0.2) is 0 Å². The molecule has 0 saturated carbocycles. The number of morpholine rings is 1. The number of aromatic nitrogens is 2. The molecule has 2 aromatic heterocycles. The Morgan fingerprint density at radius 2 is 2.04 bits per heavy atom. The third-order valence-electron chi connectivity index (χ3n) is 4.52. The van der Waals surface area contributed by atoms with E-state index in [9.17, 15) is 0 Å². The number of hydrogen-bond acceptors (Lipinski definition) is 7. The first-order valence-corrected chi connectivity index (χ1v) is 9.05. The second-order valence-corrected chi connectivity index (χ2v) is 7.30. The van der Waals surface area contributed by atoms with Gasteiger partial charge in [0, 0.05) is 56.6 Å². The molecule has 0 atom stereocenters. The number of ether oxygens (including phenoxy) is 1. The zero-order valence-corrected chi connectivity index (χ0v) is 14.3. The Balaban J connectivity index is 1.44. The van der Waals surface area contributed by atoms with E-state index in [4.69, 9.17) is 9.26 Å². The van der Waals surface area contributed by atoms with Crippen LogP contribution in [0.25, 0.3) is 0 Å². The Hall–Kier alpha value is -1.28. The summed E-state index contributed by atoms with van der Waals surface area (Å²) in [6.07, 6.45) is 0.939. The van der Waals surface area contributed by atoms with Gasteiger partial charge < -0.3 is 9.26 Å². The van der Waals surface area contributed by atoms with Crippen LogP contribution in [0.1, 0.15) is 27.7 Å². The highest BCUT2D eigenvalue weighted by Crippen LogP contribution is 2.25. The lowest BCUT2D eigenvalue weighted by molar-refractivity contribution is 0.0331. The van der Waals surface area contributed by atoms with Crippen LogP contribution in [0.2, 0.25) is 0 Å². The third-order valence-corrected chi connectivity index (χ3v) is 5.34. The number of rotatable bonds is 4. The number of fused-ring (bicyclic) bond motifs is 1. The molecule has 0 unspecified atom stereocenters. The normalized spacial score (nSPS) is 19.9. The van der Waals surface area contributed by atoms with Crippen molar-refractivity contribution in [2.75, 3.05) is 32.8 Å². The monoisotopic (exact) mass is 334 g/mol. The first kappa shape index (κ1) is 15.3. The SMILES string of the molecule is Cc1nc(CN2CCc3onc(CN4CCOCC4)c3C2)cs1. The van der Waals surface area contributed by atoms with Gasteiger partial charge in [0.25, 0.3) is 0 Å². The molecule has 2 aromatic rings. The lowest BCUT2D eigenvalue weighted by Crippen LogP contribution is -2.36. The quantitative estimate of drug-likeness (QED) is 0.850. The predicted molar refractivity (Wildman–Crippen MR) is 87.3 cm³/mol. The lowest BCUT2D eigenvalue weighted by atomic mass is 10.1. The van der Waals surface area contributed by atoms with Crippen LogP contribution in [-0.4, -0.2) is 52.8 Å². The summed E-state index contributed by atoms with van der Waals surface area (Å²) < 4.78 is 11.0. The van der Waals surface area contributed by atoms with Gasteiger partial charge in [0.2, 0.25) is 0 Å². The van der Waals surface area contributed by atoms with Crippen LogP contribution in [0.3, 0.4) is 0 Å². The van der Waals surface area contributed by atoms with Crippen LogP contribution in [0.4, 0.5) is 0 Å². The second kappa shape index (κ2) is 6.68. The topological polar surface area (TPSA) is 54.6 Å². The Labute approximate surface area is 140 Å². The highest BCUT2D eigenvalue weighted by Gasteiger charge is 2.26. The van der Waals surface area contributed by atoms with Crippen LogP contribution < -0.4 is 0 Å². The molecule has 1 fully saturated rings. The summed E-state index contributed by atoms with van der Waals surface area (Å²) in [6.45, 7) is 9.34. The smallest absolute Gasteiger partial charge is 0.142 e. The minimum atomic E-state index is 0.815. The Morgan fingerprint density at radius 1 is 1.17 bits per heavy atom. The molecule has 1 saturated heterocycles. The van der Waals surface area contributed by atoms with Gasteiger partial charge in [-0.25, -0.2) is 4.98 Å². The zero-order chi connectivity index (χ0) is 15.6. The molecule has 4 rings (SSSR count). The first-order chi connectivity index (χ1) is 11.3. The fraction of sp³-hybridized carbons (Fsp3) is 0.625. The maximum atomic E-state index is 5.58. The Bertz CT molecular complexity index is 663. The average molecular weight is 334 g/mol. The van der Waals surface area contributed by atoms with Gasteiger partial charge in [-0.3, -0.25) is 9.80 Å². The molecule has 0 N–H and O–H groups in total. The fourth-order valence-electron chi connectivity index (χ4n) is 3.26. The fourth-order valence-corrected chi connectivity index (χ4v) is 3.86. The van der Waals surface area contributed by atoms with E-state index in [1.807, 2.05) is 0 Å². The molecule has 0 bridgehead atoms. The maximum absolute atomic E-state index is 5.58. The Morgan fingerprint density at radius 3 is 2.83 bits per heavy atom. The highest BCUT2D eigenvalue weighted by atomic mass is 32.1. The summed E-state index contributed by atoms with van der Waals surface area (Å²) >= 11 is 1.72. The molecule has 0 spiro atoms. The molecule has 0 aliphatic carbocycles. The number of nitrogens with zero attached hydrogens (tertiary/aromatic N) is 4. The lowest BCUT2D eigenvalue weighted by Gasteiger charge is -2.28. The minimum absolute atomic E-state index is 0.815. The van der Waals surface area contributed by atoms with Crippen LogP contribution in [0, 0.1) is 6.92 Å². The summed E-state index contributed by atoms with van der Waals surface area (Å²) in [5.41, 5.74) is 3.55. The molecular weight excluding hydrogens is 312 g/mol. The van der Waals surface area contributed by atoms with Crippen molar-refractivity contribution in [3.05, 3.63) is 33.1 Å². The van der Waals surface area contributed by atoms with Gasteiger partial charge in [-0.05, 0) is 6.92 Å². The van der Waals surface area contributed by atoms with E-state index in [0.29, 0.717) is 0 Å². The van der Waals surface area contributed by atoms with Gasteiger partial charge in [-0.2, -0.15) is 0 Å². The van der Waals surface area contributed by atoms with Crippen LogP contribution in [0.15, 0.2) is 9.90 Å². The van der Waals surface area contributed by atoms with Gasteiger partial charge in [0.1, 0.15) is 11.5 Å². The van der Waals surface area contributed by atoms with Gasteiger partial charge in [0.05, 0.1) is 23.9 Å². The van der Waals surface area contributed by atoms with Crippen molar-refractivity contribution in [1.29, 1.82) is 0 Å². The first-order valence-electron chi connectivity index (χ1n) is 8.17. The molecule has 0 amide bonds. The largest absolute Gasteiger partial charge is 0.379 e.